The summed E-state index contributed by atoms with van der Waals surface area (Å²) in [6.45, 7) is -0.532. The molecule has 3 rings (SSSR count). The van der Waals surface area contributed by atoms with Crippen molar-refractivity contribution in [3.05, 3.63) is 71.9 Å². The summed E-state index contributed by atoms with van der Waals surface area (Å²) in [5.74, 6) is -2.01. The number of amides is 2. The molecule has 2 N–H and O–H groups in total. The van der Waals surface area contributed by atoms with Crippen LogP contribution in [0.1, 0.15) is 12.0 Å². The van der Waals surface area contributed by atoms with Gasteiger partial charge in [-0.25, -0.2) is 22.9 Å². The van der Waals surface area contributed by atoms with E-state index in [4.69, 9.17) is 4.74 Å². The normalized spacial score (nSPS) is 11.8. The van der Waals surface area contributed by atoms with Gasteiger partial charge in [0.1, 0.15) is 19.1 Å². The number of halogens is 3. The summed E-state index contributed by atoms with van der Waals surface area (Å²) in [6, 6.07) is 12.4. The quantitative estimate of drug-likeness (QED) is 0.398. The van der Waals surface area contributed by atoms with Crippen LogP contribution in [0.25, 0.3) is 10.8 Å². The van der Waals surface area contributed by atoms with Gasteiger partial charge in [-0.3, -0.25) is 10.1 Å². The molecule has 1 aromatic heterocycles. The molecule has 0 aliphatic heterocycles. The van der Waals surface area contributed by atoms with E-state index < -0.39 is 30.4 Å². The Balaban J connectivity index is 1.57. The van der Waals surface area contributed by atoms with Gasteiger partial charge in [0.2, 0.25) is 5.91 Å². The SMILES string of the molecule is CN(C(=O)CCc1cccc(F)c1F)[C@@H](CNCCF)COC(=O)Nc1cc2ccccc2cn1. The molecule has 7 nitrogen and oxygen atoms in total. The number of fused-ring (bicyclic) bond motifs is 1. The van der Waals surface area contributed by atoms with Crippen LogP contribution in [0.4, 0.5) is 23.8 Å². The van der Waals surface area contributed by atoms with Crippen LogP contribution in [0.2, 0.25) is 0 Å². The predicted molar refractivity (Wildman–Crippen MR) is 127 cm³/mol. The van der Waals surface area contributed by atoms with Crippen molar-refractivity contribution in [2.45, 2.75) is 18.9 Å². The van der Waals surface area contributed by atoms with Crippen molar-refractivity contribution >= 4 is 28.6 Å². The van der Waals surface area contributed by atoms with Crippen molar-refractivity contribution in [3.63, 3.8) is 0 Å². The maximum atomic E-state index is 13.9. The average Bonchev–Trinajstić information content (AvgIpc) is 2.86. The number of rotatable bonds is 11. The molecule has 0 bridgehead atoms. The number of benzene rings is 2. The summed E-state index contributed by atoms with van der Waals surface area (Å²) >= 11 is 0. The molecule has 0 aliphatic carbocycles. The lowest BCUT2D eigenvalue weighted by atomic mass is 10.1. The number of hydrogen-bond acceptors (Lipinski definition) is 5. The van der Waals surface area contributed by atoms with Gasteiger partial charge in [0.25, 0.3) is 0 Å². The Bertz CT molecular complexity index is 1160. The molecule has 1 heterocycles. The molecule has 0 aliphatic rings. The number of anilines is 1. The van der Waals surface area contributed by atoms with Gasteiger partial charge in [-0.2, -0.15) is 0 Å². The lowest BCUT2D eigenvalue weighted by Crippen LogP contribution is -2.47. The molecule has 3 aromatic rings. The average molecular weight is 489 g/mol. The Morgan fingerprint density at radius 3 is 2.66 bits per heavy atom. The highest BCUT2D eigenvalue weighted by atomic mass is 19.2. The number of nitrogens with one attached hydrogen (secondary N) is 2. The second-order valence-corrected chi connectivity index (χ2v) is 7.90. The summed E-state index contributed by atoms with van der Waals surface area (Å²) < 4.78 is 45.1. The van der Waals surface area contributed by atoms with Crippen molar-refractivity contribution in [1.82, 2.24) is 15.2 Å². The zero-order valence-electron chi connectivity index (χ0n) is 19.3. The molecule has 1 atom stereocenters. The molecule has 0 saturated heterocycles. The number of carbonyl (C=O) groups excluding carboxylic acids is 2. The summed E-state index contributed by atoms with van der Waals surface area (Å²) in [5.41, 5.74) is 0.0948. The second-order valence-electron chi connectivity index (χ2n) is 7.90. The number of nitrogens with zero attached hydrogens (tertiary/aromatic N) is 2. The summed E-state index contributed by atoms with van der Waals surface area (Å²) in [7, 11) is 1.51. The number of carbonyl (C=O) groups is 2. The topological polar surface area (TPSA) is 83.6 Å². The molecular weight excluding hydrogens is 461 g/mol. The smallest absolute Gasteiger partial charge is 0.412 e. The van der Waals surface area contributed by atoms with E-state index in [1.807, 2.05) is 24.3 Å². The minimum absolute atomic E-state index is 0.00632. The fourth-order valence-corrected chi connectivity index (χ4v) is 3.47. The van der Waals surface area contributed by atoms with E-state index in [0.717, 1.165) is 16.8 Å². The van der Waals surface area contributed by atoms with Crippen LogP contribution in [-0.2, 0) is 16.0 Å². The lowest BCUT2D eigenvalue weighted by Gasteiger charge is -2.28. The van der Waals surface area contributed by atoms with Crippen LogP contribution >= 0.6 is 0 Å². The fraction of sp³-hybridized carbons (Fsp3) is 0.320. The number of alkyl halides is 1. The van der Waals surface area contributed by atoms with E-state index in [-0.39, 0.29) is 44.0 Å². The first-order chi connectivity index (χ1) is 16.9. The van der Waals surface area contributed by atoms with Crippen molar-refractivity contribution in [3.8, 4) is 0 Å². The highest BCUT2D eigenvalue weighted by molar-refractivity contribution is 5.89. The van der Waals surface area contributed by atoms with Gasteiger partial charge >= 0.3 is 6.09 Å². The van der Waals surface area contributed by atoms with Crippen molar-refractivity contribution < 1.29 is 27.5 Å². The minimum atomic E-state index is -0.980. The molecule has 0 saturated carbocycles. The van der Waals surface area contributed by atoms with Crippen molar-refractivity contribution in [2.24, 2.45) is 0 Å². The first kappa shape index (κ1) is 26.0. The molecule has 0 unspecified atom stereocenters. The number of ether oxygens (including phenoxy) is 1. The zero-order chi connectivity index (χ0) is 25.2. The van der Waals surface area contributed by atoms with Gasteiger partial charge in [-0.05, 0) is 29.5 Å². The minimum Gasteiger partial charge on any atom is -0.447 e. The van der Waals surface area contributed by atoms with E-state index >= 15 is 0 Å². The van der Waals surface area contributed by atoms with E-state index in [1.54, 1.807) is 12.3 Å². The third kappa shape index (κ3) is 7.41. The van der Waals surface area contributed by atoms with Gasteiger partial charge in [0.05, 0.1) is 6.04 Å². The van der Waals surface area contributed by atoms with Crippen LogP contribution in [0.5, 0.6) is 0 Å². The van der Waals surface area contributed by atoms with E-state index in [1.165, 1.54) is 24.1 Å². The third-order valence-electron chi connectivity index (χ3n) is 5.50. The Kier molecular flexibility index (Phi) is 9.42. The van der Waals surface area contributed by atoms with Gasteiger partial charge in [-0.15, -0.1) is 0 Å². The predicted octanol–water partition coefficient (Wildman–Crippen LogP) is 4.08. The van der Waals surface area contributed by atoms with E-state index in [9.17, 15) is 22.8 Å². The summed E-state index contributed by atoms with van der Waals surface area (Å²) in [4.78, 5) is 30.5. The van der Waals surface area contributed by atoms with Gasteiger partial charge in [-0.1, -0.05) is 36.4 Å². The van der Waals surface area contributed by atoms with Crippen LogP contribution in [-0.4, -0.2) is 61.3 Å². The highest BCUT2D eigenvalue weighted by Gasteiger charge is 2.22. The monoisotopic (exact) mass is 488 g/mol. The number of likely N-dealkylation sites (N-methyl/N-ethyl adjacent to an activating group) is 1. The molecule has 0 fully saturated rings. The maximum absolute atomic E-state index is 13.9. The van der Waals surface area contributed by atoms with Crippen LogP contribution in [0.15, 0.2) is 54.7 Å². The summed E-state index contributed by atoms with van der Waals surface area (Å²) in [5, 5.41) is 7.22. The molecule has 35 heavy (non-hydrogen) atoms. The largest absolute Gasteiger partial charge is 0.447 e. The molecule has 2 amide bonds. The molecular formula is C25H27F3N4O3. The number of aryl methyl sites for hydroxylation is 1. The van der Waals surface area contributed by atoms with E-state index in [2.05, 4.69) is 15.6 Å². The Hall–Kier alpha value is -3.66. The van der Waals surface area contributed by atoms with Crippen molar-refractivity contribution in [1.29, 1.82) is 0 Å². The number of pyridine rings is 1. The second kappa shape index (κ2) is 12.7. The fourth-order valence-electron chi connectivity index (χ4n) is 3.47. The zero-order valence-corrected chi connectivity index (χ0v) is 19.3. The van der Waals surface area contributed by atoms with Gasteiger partial charge in [0, 0.05) is 38.1 Å². The molecule has 0 spiro atoms. The van der Waals surface area contributed by atoms with Crippen LogP contribution < -0.4 is 10.6 Å². The first-order valence-corrected chi connectivity index (χ1v) is 11.1. The first-order valence-electron chi connectivity index (χ1n) is 11.1. The standard InChI is InChI=1S/C25H27F3N4O3/c1-32(23(33)10-9-17-7-4-8-21(27)24(17)28)20(15-29-12-11-26)16-35-25(34)31-22-13-18-5-2-3-6-19(18)14-30-22/h2-8,13-14,20,29H,9-12,15-16H2,1H3,(H,30,31,34)/t20-/m0/s1. The third-order valence-corrected chi connectivity index (χ3v) is 5.50. The maximum Gasteiger partial charge on any atom is 0.412 e. The highest BCUT2D eigenvalue weighted by Crippen LogP contribution is 2.17. The molecule has 0 radical (unpaired) electrons. The Labute approximate surface area is 201 Å². The number of aromatic nitrogens is 1. The Morgan fingerprint density at radius 1 is 1.11 bits per heavy atom. The molecule has 10 heteroatoms. The van der Waals surface area contributed by atoms with E-state index in [0.29, 0.717) is 5.82 Å². The lowest BCUT2D eigenvalue weighted by molar-refractivity contribution is -0.132. The van der Waals surface area contributed by atoms with Gasteiger partial charge in [0.15, 0.2) is 11.6 Å². The van der Waals surface area contributed by atoms with Crippen molar-refractivity contribution in [2.75, 3.05) is 38.7 Å². The Morgan fingerprint density at radius 2 is 1.89 bits per heavy atom. The summed E-state index contributed by atoms with van der Waals surface area (Å²) in [6.07, 6.45) is 0.796. The number of hydrogen-bond donors (Lipinski definition) is 2. The van der Waals surface area contributed by atoms with Crippen LogP contribution in [0.3, 0.4) is 0 Å². The van der Waals surface area contributed by atoms with Gasteiger partial charge < -0.3 is 15.0 Å². The van der Waals surface area contributed by atoms with Crippen LogP contribution in [0, 0.1) is 11.6 Å². The molecule has 2 aromatic carbocycles. The molecule has 186 valence electrons.